The maximum absolute atomic E-state index is 11.5. The highest BCUT2D eigenvalue weighted by atomic mass is 32.2. The van der Waals surface area contributed by atoms with Crippen molar-refractivity contribution in [1.29, 1.82) is 0 Å². The quantitative estimate of drug-likeness (QED) is 0.719. The van der Waals surface area contributed by atoms with E-state index in [-0.39, 0.29) is 23.6 Å². The molecule has 2 fully saturated rings. The predicted molar refractivity (Wildman–Crippen MR) is 65.0 cm³/mol. The summed E-state index contributed by atoms with van der Waals surface area (Å²) < 4.78 is 23.1. The standard InChI is InChI=1S/C11H22N2O2S/c1-9-3-2-5-13(6-4-9)11-8-16(14,15)7-10(11)12/h9-11H,2-8,12H2,1H3. The molecule has 0 aromatic rings. The van der Waals surface area contributed by atoms with Crippen LogP contribution < -0.4 is 5.73 Å². The Balaban J connectivity index is 2.02. The first-order valence-electron chi connectivity index (χ1n) is 6.18. The maximum Gasteiger partial charge on any atom is 0.153 e. The first kappa shape index (κ1) is 12.3. The first-order valence-corrected chi connectivity index (χ1v) is 8.00. The second-order valence-electron chi connectivity index (χ2n) is 5.38. The van der Waals surface area contributed by atoms with Gasteiger partial charge in [-0.1, -0.05) is 6.92 Å². The van der Waals surface area contributed by atoms with Crippen molar-refractivity contribution in [3.05, 3.63) is 0 Å². The van der Waals surface area contributed by atoms with E-state index in [1.54, 1.807) is 0 Å². The molecule has 4 nitrogen and oxygen atoms in total. The Hall–Kier alpha value is -0.130. The topological polar surface area (TPSA) is 63.4 Å². The smallest absolute Gasteiger partial charge is 0.153 e. The SMILES string of the molecule is CC1CCCN(C2CS(=O)(=O)CC2N)CC1. The summed E-state index contributed by atoms with van der Waals surface area (Å²) in [6.07, 6.45) is 3.60. The fraction of sp³-hybridized carbons (Fsp3) is 1.00. The third kappa shape index (κ3) is 2.76. The molecular weight excluding hydrogens is 224 g/mol. The lowest BCUT2D eigenvalue weighted by molar-refractivity contribution is 0.204. The second-order valence-corrected chi connectivity index (χ2v) is 7.53. The molecule has 3 atom stereocenters. The van der Waals surface area contributed by atoms with E-state index in [1.165, 1.54) is 19.3 Å². The van der Waals surface area contributed by atoms with Crippen molar-refractivity contribution >= 4 is 9.84 Å². The van der Waals surface area contributed by atoms with Crippen LogP contribution in [0.2, 0.25) is 0 Å². The van der Waals surface area contributed by atoms with Crippen LogP contribution in [-0.4, -0.2) is 50.0 Å². The summed E-state index contributed by atoms with van der Waals surface area (Å²) in [5.74, 6) is 1.20. The summed E-state index contributed by atoms with van der Waals surface area (Å²) in [5.41, 5.74) is 5.95. The lowest BCUT2D eigenvalue weighted by Crippen LogP contribution is -2.47. The van der Waals surface area contributed by atoms with Gasteiger partial charge in [-0.2, -0.15) is 0 Å². The van der Waals surface area contributed by atoms with E-state index in [4.69, 9.17) is 5.73 Å². The van der Waals surface area contributed by atoms with Crippen molar-refractivity contribution in [1.82, 2.24) is 4.90 Å². The molecule has 16 heavy (non-hydrogen) atoms. The van der Waals surface area contributed by atoms with Crippen LogP contribution in [0.25, 0.3) is 0 Å². The van der Waals surface area contributed by atoms with Gasteiger partial charge >= 0.3 is 0 Å². The minimum atomic E-state index is -2.89. The van der Waals surface area contributed by atoms with E-state index in [0.29, 0.717) is 0 Å². The van der Waals surface area contributed by atoms with Crippen molar-refractivity contribution in [2.24, 2.45) is 11.7 Å². The van der Waals surface area contributed by atoms with Crippen molar-refractivity contribution < 1.29 is 8.42 Å². The van der Waals surface area contributed by atoms with Gasteiger partial charge in [-0.05, 0) is 38.3 Å². The molecule has 2 rings (SSSR count). The van der Waals surface area contributed by atoms with Crippen LogP contribution in [0, 0.1) is 5.92 Å². The molecule has 0 spiro atoms. The van der Waals surface area contributed by atoms with Gasteiger partial charge in [0.1, 0.15) is 0 Å². The molecule has 0 radical (unpaired) electrons. The summed E-state index contributed by atoms with van der Waals surface area (Å²) in [6.45, 7) is 4.29. The summed E-state index contributed by atoms with van der Waals surface area (Å²) in [5, 5.41) is 0. The molecule has 5 heteroatoms. The average molecular weight is 246 g/mol. The molecule has 2 saturated heterocycles. The summed E-state index contributed by atoms with van der Waals surface area (Å²) >= 11 is 0. The Morgan fingerprint density at radius 2 is 1.94 bits per heavy atom. The minimum Gasteiger partial charge on any atom is -0.325 e. The van der Waals surface area contributed by atoms with Crippen molar-refractivity contribution in [3.63, 3.8) is 0 Å². The zero-order valence-electron chi connectivity index (χ0n) is 9.93. The lowest BCUT2D eigenvalue weighted by atomic mass is 10.0. The van der Waals surface area contributed by atoms with Crippen LogP contribution in [0.5, 0.6) is 0 Å². The number of likely N-dealkylation sites (tertiary alicyclic amines) is 1. The molecule has 0 amide bonds. The van der Waals surface area contributed by atoms with Crippen LogP contribution in [0.3, 0.4) is 0 Å². The van der Waals surface area contributed by atoms with E-state index in [0.717, 1.165) is 19.0 Å². The number of nitrogens with two attached hydrogens (primary N) is 1. The zero-order valence-corrected chi connectivity index (χ0v) is 10.7. The highest BCUT2D eigenvalue weighted by Crippen LogP contribution is 2.23. The maximum atomic E-state index is 11.5. The monoisotopic (exact) mass is 246 g/mol. The van der Waals surface area contributed by atoms with Crippen molar-refractivity contribution in [2.45, 2.75) is 38.3 Å². The number of hydrogen-bond donors (Lipinski definition) is 1. The molecule has 94 valence electrons. The first-order chi connectivity index (χ1) is 7.48. The van der Waals surface area contributed by atoms with Crippen molar-refractivity contribution in [2.75, 3.05) is 24.6 Å². The number of rotatable bonds is 1. The van der Waals surface area contributed by atoms with Crippen LogP contribution in [0.4, 0.5) is 0 Å². The number of hydrogen-bond acceptors (Lipinski definition) is 4. The Morgan fingerprint density at radius 3 is 2.56 bits per heavy atom. The summed E-state index contributed by atoms with van der Waals surface area (Å²) in [7, 11) is -2.89. The molecule has 0 aromatic heterocycles. The third-order valence-corrected chi connectivity index (χ3v) is 5.63. The fourth-order valence-corrected chi connectivity index (χ4v) is 4.77. The lowest BCUT2D eigenvalue weighted by Gasteiger charge is -2.29. The number of sulfone groups is 1. The van der Waals surface area contributed by atoms with Gasteiger partial charge in [-0.15, -0.1) is 0 Å². The van der Waals surface area contributed by atoms with E-state index >= 15 is 0 Å². The van der Waals surface area contributed by atoms with E-state index in [1.807, 2.05) is 0 Å². The van der Waals surface area contributed by atoms with Crippen LogP contribution in [-0.2, 0) is 9.84 Å². The fourth-order valence-electron chi connectivity index (χ4n) is 2.85. The van der Waals surface area contributed by atoms with Gasteiger partial charge in [0, 0.05) is 12.1 Å². The second kappa shape index (κ2) is 4.63. The Kier molecular flexibility index (Phi) is 3.56. The van der Waals surface area contributed by atoms with Gasteiger partial charge in [0.2, 0.25) is 0 Å². The van der Waals surface area contributed by atoms with Crippen LogP contribution >= 0.6 is 0 Å². The largest absolute Gasteiger partial charge is 0.325 e. The highest BCUT2D eigenvalue weighted by Gasteiger charge is 2.38. The van der Waals surface area contributed by atoms with Gasteiger partial charge in [0.05, 0.1) is 11.5 Å². The molecule has 0 aliphatic carbocycles. The van der Waals surface area contributed by atoms with Crippen LogP contribution in [0.1, 0.15) is 26.2 Å². The van der Waals surface area contributed by atoms with Gasteiger partial charge in [-0.25, -0.2) is 8.42 Å². The summed E-state index contributed by atoms with van der Waals surface area (Å²) in [6, 6.07) is -0.117. The summed E-state index contributed by atoms with van der Waals surface area (Å²) in [4.78, 5) is 2.30. The molecule has 2 heterocycles. The molecular formula is C11H22N2O2S. The molecule has 2 N–H and O–H groups in total. The number of nitrogens with zero attached hydrogens (tertiary/aromatic N) is 1. The molecule has 0 saturated carbocycles. The zero-order chi connectivity index (χ0) is 11.8. The van der Waals surface area contributed by atoms with E-state index in [2.05, 4.69) is 11.8 Å². The average Bonchev–Trinajstić information content (AvgIpc) is 2.37. The van der Waals surface area contributed by atoms with Gasteiger partial charge in [0.25, 0.3) is 0 Å². The minimum absolute atomic E-state index is 0.0651. The molecule has 2 aliphatic heterocycles. The van der Waals surface area contributed by atoms with Gasteiger partial charge in [0.15, 0.2) is 9.84 Å². The Bertz CT molecular complexity index is 342. The molecule has 3 unspecified atom stereocenters. The Labute approximate surface area is 98.1 Å². The van der Waals surface area contributed by atoms with Gasteiger partial charge in [-0.3, -0.25) is 4.90 Å². The molecule has 0 aromatic carbocycles. The predicted octanol–water partition coefficient (Wildman–Crippen LogP) is 0.233. The normalized spacial score (nSPS) is 40.8. The van der Waals surface area contributed by atoms with E-state index < -0.39 is 9.84 Å². The molecule has 0 bridgehead atoms. The Morgan fingerprint density at radius 1 is 1.19 bits per heavy atom. The van der Waals surface area contributed by atoms with E-state index in [9.17, 15) is 8.42 Å². The van der Waals surface area contributed by atoms with Crippen molar-refractivity contribution in [3.8, 4) is 0 Å². The molecule has 2 aliphatic rings. The van der Waals surface area contributed by atoms with Gasteiger partial charge < -0.3 is 5.73 Å². The third-order valence-electron chi connectivity index (χ3n) is 3.89. The van der Waals surface area contributed by atoms with Crippen LogP contribution in [0.15, 0.2) is 0 Å². The highest BCUT2D eigenvalue weighted by molar-refractivity contribution is 7.91.